The lowest BCUT2D eigenvalue weighted by Gasteiger charge is -2.09. The largest absolute Gasteiger partial charge is 0.380 e. The van der Waals surface area contributed by atoms with E-state index in [9.17, 15) is 18.1 Å². The average Bonchev–Trinajstić information content (AvgIpc) is 3.15. The average molecular weight is 311 g/mol. The summed E-state index contributed by atoms with van der Waals surface area (Å²) in [4.78, 5) is 0. The van der Waals surface area contributed by atoms with E-state index >= 15 is 0 Å². The predicted octanol–water partition coefficient (Wildman–Crippen LogP) is 2.27. The van der Waals surface area contributed by atoms with Crippen LogP contribution in [-0.2, 0) is 14.6 Å². The maximum absolute atomic E-state index is 13.4. The summed E-state index contributed by atoms with van der Waals surface area (Å²) < 4.78 is 43.3. The van der Waals surface area contributed by atoms with Gasteiger partial charge in [-0.05, 0) is 24.6 Å². The van der Waals surface area contributed by atoms with Gasteiger partial charge in [-0.1, -0.05) is 19.1 Å². The summed E-state index contributed by atoms with van der Waals surface area (Å²) in [6.45, 7) is 3.79. The van der Waals surface area contributed by atoms with Crippen molar-refractivity contribution in [3.63, 3.8) is 0 Å². The fourth-order valence-corrected chi connectivity index (χ4v) is 4.90. The van der Waals surface area contributed by atoms with Crippen LogP contribution in [0.15, 0.2) is 24.3 Å². The third kappa shape index (κ3) is 2.68. The third-order valence-electron chi connectivity index (χ3n) is 4.01. The number of rotatable bonds is 6. The van der Waals surface area contributed by atoms with Gasteiger partial charge in [0.05, 0.1) is 17.9 Å². The molecule has 1 aromatic rings. The molecule has 1 aliphatic carbocycles. The van der Waals surface area contributed by atoms with Crippen LogP contribution >= 0.6 is 0 Å². The van der Waals surface area contributed by atoms with Gasteiger partial charge in [-0.3, -0.25) is 0 Å². The first-order valence-electron chi connectivity index (χ1n) is 6.89. The SMILES string of the molecule is CCOC[C@@]1(C#N)[C@@H](c2cccc(F)c2)[C@@H]1S(=O)(=O)CC. The number of hydrogen-bond donors (Lipinski definition) is 0. The van der Waals surface area contributed by atoms with E-state index in [1.165, 1.54) is 18.2 Å². The van der Waals surface area contributed by atoms with Crippen molar-refractivity contribution in [3.05, 3.63) is 35.6 Å². The van der Waals surface area contributed by atoms with Crippen LogP contribution in [0.3, 0.4) is 0 Å². The Labute approximate surface area is 124 Å². The zero-order chi connectivity index (χ0) is 15.7. The highest BCUT2D eigenvalue weighted by atomic mass is 32.2. The molecule has 0 amide bonds. The van der Waals surface area contributed by atoms with Crippen LogP contribution in [0.2, 0.25) is 0 Å². The van der Waals surface area contributed by atoms with Gasteiger partial charge < -0.3 is 4.74 Å². The van der Waals surface area contributed by atoms with Crippen LogP contribution in [0.25, 0.3) is 0 Å². The molecule has 4 nitrogen and oxygen atoms in total. The highest BCUT2D eigenvalue weighted by molar-refractivity contribution is 7.92. The molecule has 3 atom stereocenters. The van der Waals surface area contributed by atoms with Gasteiger partial charge in [0.15, 0.2) is 9.84 Å². The van der Waals surface area contributed by atoms with Crippen molar-refractivity contribution in [2.24, 2.45) is 5.41 Å². The summed E-state index contributed by atoms with van der Waals surface area (Å²) in [7, 11) is -3.41. The zero-order valence-electron chi connectivity index (χ0n) is 12.0. The van der Waals surface area contributed by atoms with E-state index in [0.717, 1.165) is 0 Å². The van der Waals surface area contributed by atoms with Gasteiger partial charge in [0, 0.05) is 18.3 Å². The molecule has 114 valence electrons. The molecule has 0 saturated heterocycles. The van der Waals surface area contributed by atoms with E-state index in [1.54, 1.807) is 19.9 Å². The molecule has 0 N–H and O–H groups in total. The third-order valence-corrected chi connectivity index (χ3v) is 6.28. The Balaban J connectivity index is 2.44. The summed E-state index contributed by atoms with van der Waals surface area (Å²) in [6, 6.07) is 7.91. The first-order chi connectivity index (χ1) is 9.93. The second-order valence-corrected chi connectivity index (χ2v) is 7.61. The van der Waals surface area contributed by atoms with Crippen molar-refractivity contribution in [2.45, 2.75) is 25.0 Å². The molecule has 1 saturated carbocycles. The molecule has 1 aliphatic rings. The summed E-state index contributed by atoms with van der Waals surface area (Å²) in [5.41, 5.74) is -0.572. The molecule has 0 heterocycles. The smallest absolute Gasteiger partial charge is 0.155 e. The molecule has 1 aromatic carbocycles. The Bertz CT molecular complexity index is 668. The second-order valence-electron chi connectivity index (χ2n) is 5.19. The molecule has 2 rings (SSSR count). The fraction of sp³-hybridized carbons (Fsp3) is 0.533. The summed E-state index contributed by atoms with van der Waals surface area (Å²) in [5, 5.41) is 8.70. The fourth-order valence-electron chi connectivity index (χ4n) is 2.89. The predicted molar refractivity (Wildman–Crippen MR) is 76.9 cm³/mol. The first kappa shape index (κ1) is 15.9. The van der Waals surface area contributed by atoms with Crippen LogP contribution in [0.1, 0.15) is 25.3 Å². The number of halogens is 1. The lowest BCUT2D eigenvalue weighted by molar-refractivity contribution is 0.117. The normalized spacial score (nSPS) is 28.1. The molecule has 6 heteroatoms. The van der Waals surface area contributed by atoms with Crippen molar-refractivity contribution < 1.29 is 17.5 Å². The molecule has 0 bridgehead atoms. The summed E-state index contributed by atoms with van der Waals surface area (Å²) >= 11 is 0. The van der Waals surface area contributed by atoms with Crippen molar-refractivity contribution in [1.29, 1.82) is 5.26 Å². The molecule has 0 aliphatic heterocycles. The van der Waals surface area contributed by atoms with E-state index < -0.39 is 32.2 Å². The Morgan fingerprint density at radius 2 is 2.14 bits per heavy atom. The Hall–Kier alpha value is -1.45. The van der Waals surface area contributed by atoms with Crippen molar-refractivity contribution in [1.82, 2.24) is 0 Å². The topological polar surface area (TPSA) is 67.2 Å². The van der Waals surface area contributed by atoms with Gasteiger partial charge in [-0.2, -0.15) is 5.26 Å². The van der Waals surface area contributed by atoms with Gasteiger partial charge in [-0.25, -0.2) is 12.8 Å². The maximum atomic E-state index is 13.4. The molecule has 21 heavy (non-hydrogen) atoms. The number of sulfone groups is 1. The van der Waals surface area contributed by atoms with Gasteiger partial charge >= 0.3 is 0 Å². The van der Waals surface area contributed by atoms with Crippen molar-refractivity contribution >= 4 is 9.84 Å². The maximum Gasteiger partial charge on any atom is 0.155 e. The lowest BCUT2D eigenvalue weighted by atomic mass is 10.0. The van der Waals surface area contributed by atoms with Crippen LogP contribution in [0.4, 0.5) is 4.39 Å². The molecule has 0 radical (unpaired) electrons. The van der Waals surface area contributed by atoms with Crippen LogP contribution in [-0.4, -0.2) is 32.6 Å². The Morgan fingerprint density at radius 3 is 2.67 bits per heavy atom. The Kier molecular flexibility index (Phi) is 4.35. The zero-order valence-corrected chi connectivity index (χ0v) is 12.9. The van der Waals surface area contributed by atoms with E-state index in [1.807, 2.05) is 0 Å². The van der Waals surface area contributed by atoms with E-state index in [0.29, 0.717) is 12.2 Å². The van der Waals surface area contributed by atoms with Gasteiger partial charge in [-0.15, -0.1) is 0 Å². The number of nitriles is 1. The molecule has 1 fully saturated rings. The van der Waals surface area contributed by atoms with Gasteiger partial charge in [0.1, 0.15) is 11.2 Å². The van der Waals surface area contributed by atoms with Crippen LogP contribution < -0.4 is 0 Å². The number of ether oxygens (including phenoxy) is 1. The highest BCUT2D eigenvalue weighted by Gasteiger charge is 2.71. The minimum atomic E-state index is -3.41. The minimum Gasteiger partial charge on any atom is -0.380 e. The van der Waals surface area contributed by atoms with E-state index in [4.69, 9.17) is 4.74 Å². The lowest BCUT2D eigenvalue weighted by Crippen LogP contribution is -2.20. The second kappa shape index (κ2) is 5.74. The van der Waals surface area contributed by atoms with Crippen molar-refractivity contribution in [2.75, 3.05) is 19.0 Å². The molecular formula is C15H18FNO3S. The number of nitrogens with zero attached hydrogens (tertiary/aromatic N) is 1. The first-order valence-corrected chi connectivity index (χ1v) is 8.60. The highest BCUT2D eigenvalue weighted by Crippen LogP contribution is 2.63. The quantitative estimate of drug-likeness (QED) is 0.808. The number of benzene rings is 1. The van der Waals surface area contributed by atoms with E-state index in [-0.39, 0.29) is 12.4 Å². The summed E-state index contributed by atoms with van der Waals surface area (Å²) in [5.74, 6) is -1.01. The van der Waals surface area contributed by atoms with Crippen LogP contribution in [0.5, 0.6) is 0 Å². The Morgan fingerprint density at radius 1 is 1.43 bits per heavy atom. The molecule has 0 unspecified atom stereocenters. The van der Waals surface area contributed by atoms with Gasteiger partial charge in [0.2, 0.25) is 0 Å². The number of hydrogen-bond acceptors (Lipinski definition) is 4. The minimum absolute atomic E-state index is 0.0426. The van der Waals surface area contributed by atoms with Crippen molar-refractivity contribution in [3.8, 4) is 6.07 Å². The summed E-state index contributed by atoms with van der Waals surface area (Å²) in [6.07, 6.45) is 0. The molecule has 0 aromatic heterocycles. The van der Waals surface area contributed by atoms with Crippen LogP contribution in [0, 0.1) is 22.6 Å². The molecule has 0 spiro atoms. The standard InChI is InChI=1S/C15H18FNO3S/c1-3-20-10-15(9-17)13(14(15)21(18,19)4-2)11-6-5-7-12(16)8-11/h5-8,13-14H,3-4,10H2,1-2H3/t13-,14-,15-/m0/s1. The van der Waals surface area contributed by atoms with Gasteiger partial charge in [0.25, 0.3) is 0 Å². The van der Waals surface area contributed by atoms with E-state index in [2.05, 4.69) is 6.07 Å². The monoisotopic (exact) mass is 311 g/mol. The molecular weight excluding hydrogens is 293 g/mol.